The molecule has 2 aliphatic rings. The van der Waals surface area contributed by atoms with E-state index >= 15 is 0 Å². The third-order valence-electron chi connectivity index (χ3n) is 8.81. The number of unbranched alkanes of at least 4 members (excludes halogenated alkanes) is 6. The number of rotatable bonds is 13. The van der Waals surface area contributed by atoms with Crippen LogP contribution in [0.5, 0.6) is 0 Å². The topological polar surface area (TPSA) is 49.3 Å². The lowest BCUT2D eigenvalue weighted by atomic mass is 9.66. The van der Waals surface area contributed by atoms with Crippen molar-refractivity contribution in [1.29, 1.82) is 0 Å². The molecule has 4 rings (SSSR count). The SMILES string of the molecule is C=C(c1ccccc1)C12CCC(C)C1CC(CCCCCCCCCC(=O)NO)=C2c1ccccc1. The standard InChI is InChI=1S/C33H43NO2/c1-25-22-23-33(26(2)27-16-11-8-12-17-27)30(25)24-29(32(33)28-18-13-9-14-19-28)20-10-6-4-3-5-7-15-21-31(35)34-36/h8-9,11-14,16-19,25,30,36H,2-7,10,15,20-24H2,1H3,(H,34,35). The second kappa shape index (κ2) is 12.5. The maximum Gasteiger partial charge on any atom is 0.243 e. The van der Waals surface area contributed by atoms with Gasteiger partial charge in [-0.2, -0.15) is 0 Å². The summed E-state index contributed by atoms with van der Waals surface area (Å²) >= 11 is 0. The van der Waals surface area contributed by atoms with Gasteiger partial charge in [-0.3, -0.25) is 10.0 Å². The number of hydrogen-bond acceptors (Lipinski definition) is 2. The summed E-state index contributed by atoms with van der Waals surface area (Å²) in [7, 11) is 0. The lowest BCUT2D eigenvalue weighted by Crippen LogP contribution is -2.26. The van der Waals surface area contributed by atoms with Crippen LogP contribution in [0, 0.1) is 17.3 Å². The Kier molecular flexibility index (Phi) is 9.20. The molecule has 0 aliphatic heterocycles. The average molecular weight is 486 g/mol. The highest BCUT2D eigenvalue weighted by atomic mass is 16.5. The molecule has 0 spiro atoms. The molecule has 2 N–H and O–H groups in total. The van der Waals surface area contributed by atoms with Gasteiger partial charge in [0.25, 0.3) is 0 Å². The van der Waals surface area contributed by atoms with Crippen LogP contribution in [0.2, 0.25) is 0 Å². The van der Waals surface area contributed by atoms with Gasteiger partial charge in [0.15, 0.2) is 0 Å². The summed E-state index contributed by atoms with van der Waals surface area (Å²) in [5.41, 5.74) is 9.04. The van der Waals surface area contributed by atoms with Crippen LogP contribution in [0.3, 0.4) is 0 Å². The van der Waals surface area contributed by atoms with Crippen molar-refractivity contribution in [2.45, 2.75) is 84.0 Å². The van der Waals surface area contributed by atoms with E-state index in [-0.39, 0.29) is 11.3 Å². The lowest BCUT2D eigenvalue weighted by molar-refractivity contribution is -0.129. The molecule has 1 amide bonds. The highest BCUT2D eigenvalue weighted by Crippen LogP contribution is 2.67. The second-order valence-corrected chi connectivity index (χ2v) is 11.0. The first kappa shape index (κ1) is 26.4. The summed E-state index contributed by atoms with van der Waals surface area (Å²) in [6, 6.07) is 22.0. The van der Waals surface area contributed by atoms with Gasteiger partial charge in [0.2, 0.25) is 5.91 Å². The predicted octanol–water partition coefficient (Wildman–Crippen LogP) is 8.61. The van der Waals surface area contributed by atoms with Gasteiger partial charge in [-0.15, -0.1) is 0 Å². The first-order chi connectivity index (χ1) is 17.6. The van der Waals surface area contributed by atoms with Crippen molar-refractivity contribution in [3.63, 3.8) is 0 Å². The van der Waals surface area contributed by atoms with E-state index in [1.165, 1.54) is 68.1 Å². The quantitative estimate of drug-likeness (QED) is 0.169. The molecule has 36 heavy (non-hydrogen) atoms. The molecular formula is C33H43NO2. The van der Waals surface area contributed by atoms with Crippen molar-refractivity contribution in [2.24, 2.45) is 17.3 Å². The Morgan fingerprint density at radius 2 is 1.56 bits per heavy atom. The van der Waals surface area contributed by atoms with E-state index in [1.807, 2.05) is 0 Å². The van der Waals surface area contributed by atoms with Gasteiger partial charge < -0.3 is 0 Å². The van der Waals surface area contributed by atoms with Crippen LogP contribution >= 0.6 is 0 Å². The fraction of sp³-hybridized carbons (Fsp3) is 0.485. The molecule has 2 aromatic rings. The summed E-state index contributed by atoms with van der Waals surface area (Å²) < 4.78 is 0. The molecule has 0 bridgehead atoms. The summed E-state index contributed by atoms with van der Waals surface area (Å²) in [5, 5.41) is 8.58. The number of fused-ring (bicyclic) bond motifs is 1. The van der Waals surface area contributed by atoms with Gasteiger partial charge in [-0.25, -0.2) is 5.48 Å². The zero-order valence-electron chi connectivity index (χ0n) is 22.0. The molecule has 0 radical (unpaired) electrons. The normalized spacial score (nSPS) is 23.1. The summed E-state index contributed by atoms with van der Waals surface area (Å²) in [5.74, 6) is 1.09. The van der Waals surface area contributed by atoms with Gasteiger partial charge >= 0.3 is 0 Å². The van der Waals surface area contributed by atoms with Crippen molar-refractivity contribution in [2.75, 3.05) is 0 Å². The van der Waals surface area contributed by atoms with Crippen molar-refractivity contribution < 1.29 is 10.0 Å². The minimum absolute atomic E-state index is 0.0539. The number of carbonyl (C=O) groups excluding carboxylic acids is 1. The Labute approximate surface area is 217 Å². The minimum Gasteiger partial charge on any atom is -0.289 e. The van der Waals surface area contributed by atoms with Gasteiger partial charge in [0.05, 0.1) is 0 Å². The summed E-state index contributed by atoms with van der Waals surface area (Å²) in [6.07, 6.45) is 13.4. The maximum absolute atomic E-state index is 11.1. The van der Waals surface area contributed by atoms with E-state index in [1.54, 1.807) is 16.6 Å². The number of hydroxylamine groups is 1. The molecule has 2 aliphatic carbocycles. The molecule has 3 unspecified atom stereocenters. The second-order valence-electron chi connectivity index (χ2n) is 11.0. The minimum atomic E-state index is -0.277. The first-order valence-electron chi connectivity index (χ1n) is 14.0. The third-order valence-corrected chi connectivity index (χ3v) is 8.81. The molecule has 3 heteroatoms. The van der Waals surface area contributed by atoms with E-state index in [2.05, 4.69) is 67.6 Å². The number of hydrogen-bond donors (Lipinski definition) is 2. The molecule has 1 fully saturated rings. The number of amides is 1. The van der Waals surface area contributed by atoms with E-state index in [4.69, 9.17) is 11.8 Å². The zero-order chi connectivity index (χ0) is 25.4. The first-order valence-corrected chi connectivity index (χ1v) is 14.0. The van der Waals surface area contributed by atoms with Crippen molar-refractivity contribution in [1.82, 2.24) is 5.48 Å². The van der Waals surface area contributed by atoms with E-state index in [0.717, 1.165) is 25.2 Å². The molecule has 0 saturated heterocycles. The van der Waals surface area contributed by atoms with Gasteiger partial charge in [-0.1, -0.05) is 112 Å². The highest BCUT2D eigenvalue weighted by Gasteiger charge is 2.55. The van der Waals surface area contributed by atoms with Crippen LogP contribution in [-0.2, 0) is 4.79 Å². The third kappa shape index (κ3) is 5.67. The number of allylic oxidation sites excluding steroid dienone is 3. The number of carbonyl (C=O) groups is 1. The maximum atomic E-state index is 11.1. The molecular weight excluding hydrogens is 442 g/mol. The van der Waals surface area contributed by atoms with E-state index < -0.39 is 0 Å². The highest BCUT2D eigenvalue weighted by molar-refractivity contribution is 5.90. The zero-order valence-corrected chi connectivity index (χ0v) is 22.0. The number of benzene rings is 2. The average Bonchev–Trinajstić information content (AvgIpc) is 3.42. The Bertz CT molecular complexity index is 1040. The fourth-order valence-corrected chi connectivity index (χ4v) is 6.98. The van der Waals surface area contributed by atoms with Crippen LogP contribution in [0.25, 0.3) is 11.1 Å². The number of nitrogens with one attached hydrogen (secondary N) is 1. The molecule has 192 valence electrons. The predicted molar refractivity (Wildman–Crippen MR) is 149 cm³/mol. The Balaban J connectivity index is 1.46. The molecule has 0 aromatic heterocycles. The van der Waals surface area contributed by atoms with E-state index in [0.29, 0.717) is 12.3 Å². The van der Waals surface area contributed by atoms with Crippen molar-refractivity contribution in [3.8, 4) is 0 Å². The molecule has 3 nitrogen and oxygen atoms in total. The van der Waals surface area contributed by atoms with Crippen LogP contribution < -0.4 is 5.48 Å². The van der Waals surface area contributed by atoms with E-state index in [9.17, 15) is 4.79 Å². The fourth-order valence-electron chi connectivity index (χ4n) is 6.98. The monoisotopic (exact) mass is 485 g/mol. The summed E-state index contributed by atoms with van der Waals surface area (Å²) in [4.78, 5) is 11.1. The van der Waals surface area contributed by atoms with Crippen LogP contribution in [0.15, 0.2) is 72.8 Å². The Morgan fingerprint density at radius 3 is 2.22 bits per heavy atom. The van der Waals surface area contributed by atoms with Crippen molar-refractivity contribution in [3.05, 3.63) is 83.9 Å². The largest absolute Gasteiger partial charge is 0.289 e. The molecule has 3 atom stereocenters. The van der Waals surface area contributed by atoms with Crippen LogP contribution in [0.1, 0.15) is 95.1 Å². The van der Waals surface area contributed by atoms with Crippen molar-refractivity contribution >= 4 is 17.1 Å². The van der Waals surface area contributed by atoms with Gasteiger partial charge in [0.1, 0.15) is 0 Å². The molecule has 2 aromatic carbocycles. The Morgan fingerprint density at radius 1 is 0.944 bits per heavy atom. The Hall–Kier alpha value is -2.65. The van der Waals surface area contributed by atoms with Crippen LogP contribution in [-0.4, -0.2) is 11.1 Å². The molecule has 1 saturated carbocycles. The summed E-state index contributed by atoms with van der Waals surface area (Å²) in [6.45, 7) is 7.23. The lowest BCUT2D eigenvalue weighted by Gasteiger charge is -2.37. The smallest absolute Gasteiger partial charge is 0.243 e. The van der Waals surface area contributed by atoms with Gasteiger partial charge in [0, 0.05) is 11.8 Å². The van der Waals surface area contributed by atoms with Gasteiger partial charge in [-0.05, 0) is 72.6 Å². The van der Waals surface area contributed by atoms with Crippen LogP contribution in [0.4, 0.5) is 0 Å². The molecule has 0 heterocycles.